The van der Waals surface area contributed by atoms with Crippen LogP contribution in [0, 0.1) is 12.3 Å². The van der Waals surface area contributed by atoms with Crippen LogP contribution in [0.5, 0.6) is 0 Å². The van der Waals surface area contributed by atoms with Crippen LogP contribution in [-0.4, -0.2) is 9.55 Å². The Hall–Kier alpha value is -1.51. The Bertz CT molecular complexity index is 570. The van der Waals surface area contributed by atoms with Gasteiger partial charge in [-0.15, -0.1) is 0 Å². The van der Waals surface area contributed by atoms with Gasteiger partial charge < -0.3 is 4.98 Å². The van der Waals surface area contributed by atoms with Crippen molar-refractivity contribution in [1.82, 2.24) is 9.55 Å². The molecular weight excluding hydrogens is 200 g/mol. The van der Waals surface area contributed by atoms with Gasteiger partial charge >= 0.3 is 5.69 Å². The van der Waals surface area contributed by atoms with Gasteiger partial charge in [-0.1, -0.05) is 26.8 Å². The minimum Gasteiger partial charge on any atom is -0.306 e. The fourth-order valence-corrected chi connectivity index (χ4v) is 1.91. The molecule has 0 aliphatic heterocycles. The Balaban J connectivity index is 2.61. The van der Waals surface area contributed by atoms with E-state index < -0.39 is 0 Å². The maximum absolute atomic E-state index is 11.8. The zero-order chi connectivity index (χ0) is 11.9. The predicted molar refractivity (Wildman–Crippen MR) is 66.8 cm³/mol. The van der Waals surface area contributed by atoms with Crippen molar-refractivity contribution in [2.75, 3.05) is 0 Å². The van der Waals surface area contributed by atoms with Crippen LogP contribution in [0.25, 0.3) is 11.0 Å². The van der Waals surface area contributed by atoms with Crippen molar-refractivity contribution in [3.63, 3.8) is 0 Å². The summed E-state index contributed by atoms with van der Waals surface area (Å²) in [6.45, 7) is 9.15. The highest BCUT2D eigenvalue weighted by atomic mass is 16.1. The number of fused-ring (bicyclic) bond motifs is 1. The molecule has 0 aliphatic carbocycles. The summed E-state index contributed by atoms with van der Waals surface area (Å²) < 4.78 is 1.81. The molecule has 0 saturated heterocycles. The molecule has 0 fully saturated rings. The molecule has 1 heterocycles. The van der Waals surface area contributed by atoms with Gasteiger partial charge in [-0.05, 0) is 30.0 Å². The second kappa shape index (κ2) is 3.51. The second-order valence-electron chi connectivity index (χ2n) is 5.60. The average molecular weight is 218 g/mol. The van der Waals surface area contributed by atoms with Gasteiger partial charge in [0.15, 0.2) is 0 Å². The van der Waals surface area contributed by atoms with E-state index in [1.165, 1.54) is 0 Å². The number of H-pyrrole nitrogens is 1. The Kier molecular flexibility index (Phi) is 2.41. The molecule has 3 heteroatoms. The number of nitrogens with one attached hydrogen (secondary N) is 1. The van der Waals surface area contributed by atoms with Crippen LogP contribution in [0.15, 0.2) is 23.0 Å². The molecule has 2 aromatic rings. The Morgan fingerprint density at radius 3 is 2.62 bits per heavy atom. The van der Waals surface area contributed by atoms with Crippen molar-refractivity contribution in [2.24, 2.45) is 5.41 Å². The highest BCUT2D eigenvalue weighted by molar-refractivity contribution is 5.75. The summed E-state index contributed by atoms with van der Waals surface area (Å²) in [6, 6.07) is 6.05. The minimum absolute atomic E-state index is 0.0180. The second-order valence-corrected chi connectivity index (χ2v) is 5.60. The van der Waals surface area contributed by atoms with Gasteiger partial charge in [-0.25, -0.2) is 4.79 Å². The Morgan fingerprint density at radius 1 is 1.31 bits per heavy atom. The van der Waals surface area contributed by atoms with Crippen LogP contribution >= 0.6 is 0 Å². The highest BCUT2D eigenvalue weighted by Crippen LogP contribution is 2.19. The largest absolute Gasteiger partial charge is 0.326 e. The molecule has 0 amide bonds. The van der Waals surface area contributed by atoms with E-state index in [1.807, 2.05) is 29.7 Å². The number of imidazole rings is 1. The van der Waals surface area contributed by atoms with E-state index in [0.717, 1.165) is 23.1 Å². The lowest BCUT2D eigenvalue weighted by atomic mass is 9.97. The van der Waals surface area contributed by atoms with E-state index in [2.05, 4.69) is 25.8 Å². The van der Waals surface area contributed by atoms with Crippen molar-refractivity contribution >= 4 is 11.0 Å². The van der Waals surface area contributed by atoms with Gasteiger partial charge in [-0.3, -0.25) is 4.57 Å². The molecule has 1 aromatic carbocycles. The molecular formula is C13H18N2O. The number of aromatic nitrogens is 2. The number of hydrogen-bond donors (Lipinski definition) is 1. The topological polar surface area (TPSA) is 37.8 Å². The first-order chi connectivity index (χ1) is 7.37. The molecule has 1 aromatic heterocycles. The molecule has 0 saturated carbocycles. The summed E-state index contributed by atoms with van der Waals surface area (Å²) in [6.07, 6.45) is 0. The molecule has 86 valence electrons. The number of aromatic amines is 1. The lowest BCUT2D eigenvalue weighted by molar-refractivity contribution is 0.344. The van der Waals surface area contributed by atoms with E-state index in [1.54, 1.807) is 0 Å². The zero-order valence-corrected chi connectivity index (χ0v) is 10.3. The van der Waals surface area contributed by atoms with Crippen molar-refractivity contribution < 1.29 is 0 Å². The maximum Gasteiger partial charge on any atom is 0.326 e. The third-order valence-corrected chi connectivity index (χ3v) is 2.56. The number of hydrogen-bond acceptors (Lipinski definition) is 1. The predicted octanol–water partition coefficient (Wildman–Crippen LogP) is 2.68. The zero-order valence-electron chi connectivity index (χ0n) is 10.3. The molecule has 0 unspecified atom stereocenters. The first kappa shape index (κ1) is 11.0. The summed E-state index contributed by atoms with van der Waals surface area (Å²) in [7, 11) is 0. The van der Waals surface area contributed by atoms with E-state index in [0.29, 0.717) is 0 Å². The summed E-state index contributed by atoms with van der Waals surface area (Å²) in [5, 5.41) is 0. The highest BCUT2D eigenvalue weighted by Gasteiger charge is 2.15. The molecule has 0 atom stereocenters. The van der Waals surface area contributed by atoms with Crippen molar-refractivity contribution in [2.45, 2.75) is 34.2 Å². The smallest absolute Gasteiger partial charge is 0.306 e. The summed E-state index contributed by atoms with van der Waals surface area (Å²) in [5.74, 6) is 0. The fourth-order valence-electron chi connectivity index (χ4n) is 1.91. The van der Waals surface area contributed by atoms with Gasteiger partial charge in [-0.2, -0.15) is 0 Å². The Morgan fingerprint density at radius 2 is 2.00 bits per heavy atom. The van der Waals surface area contributed by atoms with Crippen molar-refractivity contribution in [3.05, 3.63) is 34.2 Å². The molecule has 0 bridgehead atoms. The lowest BCUT2D eigenvalue weighted by Crippen LogP contribution is -2.24. The fraction of sp³-hybridized carbons (Fsp3) is 0.462. The molecule has 2 rings (SSSR count). The van der Waals surface area contributed by atoms with Crippen LogP contribution in [0.3, 0.4) is 0 Å². The van der Waals surface area contributed by atoms with Crippen LogP contribution in [-0.2, 0) is 6.54 Å². The normalized spacial score (nSPS) is 12.2. The molecule has 3 nitrogen and oxygen atoms in total. The molecule has 0 spiro atoms. The van der Waals surface area contributed by atoms with Crippen LogP contribution in [0.2, 0.25) is 0 Å². The standard InChI is InChI=1S/C13H18N2O/c1-9-5-6-11-10(7-9)14-12(16)15(11)8-13(2,3)4/h5-7H,8H2,1-4H3,(H,14,16). The van der Waals surface area contributed by atoms with Gasteiger partial charge in [0.25, 0.3) is 0 Å². The van der Waals surface area contributed by atoms with Crippen LogP contribution in [0.1, 0.15) is 26.3 Å². The lowest BCUT2D eigenvalue weighted by Gasteiger charge is -2.18. The van der Waals surface area contributed by atoms with Gasteiger partial charge in [0.1, 0.15) is 0 Å². The van der Waals surface area contributed by atoms with E-state index in [9.17, 15) is 4.79 Å². The van der Waals surface area contributed by atoms with E-state index in [4.69, 9.17) is 0 Å². The number of nitrogens with zero attached hydrogens (tertiary/aromatic N) is 1. The monoisotopic (exact) mass is 218 g/mol. The summed E-state index contributed by atoms with van der Waals surface area (Å²) in [4.78, 5) is 14.7. The van der Waals surface area contributed by atoms with Crippen LogP contribution < -0.4 is 5.69 Å². The molecule has 1 N–H and O–H groups in total. The number of aryl methyl sites for hydroxylation is 1. The molecule has 0 aliphatic rings. The van der Waals surface area contributed by atoms with Crippen molar-refractivity contribution in [3.8, 4) is 0 Å². The van der Waals surface area contributed by atoms with Crippen LogP contribution in [0.4, 0.5) is 0 Å². The van der Waals surface area contributed by atoms with E-state index >= 15 is 0 Å². The quantitative estimate of drug-likeness (QED) is 0.785. The van der Waals surface area contributed by atoms with Crippen molar-refractivity contribution in [1.29, 1.82) is 0 Å². The maximum atomic E-state index is 11.8. The van der Waals surface area contributed by atoms with Gasteiger partial charge in [0, 0.05) is 6.54 Å². The van der Waals surface area contributed by atoms with Gasteiger partial charge in [0.05, 0.1) is 11.0 Å². The summed E-state index contributed by atoms with van der Waals surface area (Å²) >= 11 is 0. The van der Waals surface area contributed by atoms with E-state index in [-0.39, 0.29) is 11.1 Å². The third-order valence-electron chi connectivity index (χ3n) is 2.56. The first-order valence-corrected chi connectivity index (χ1v) is 5.56. The first-order valence-electron chi connectivity index (χ1n) is 5.56. The summed E-state index contributed by atoms with van der Waals surface area (Å²) in [5.41, 5.74) is 3.16. The van der Waals surface area contributed by atoms with Gasteiger partial charge in [0.2, 0.25) is 0 Å². The SMILES string of the molecule is Cc1ccc2c(c1)[nH]c(=O)n2CC(C)(C)C. The average Bonchev–Trinajstić information content (AvgIpc) is 2.40. The molecule has 0 radical (unpaired) electrons. The number of rotatable bonds is 1. The molecule has 16 heavy (non-hydrogen) atoms. The number of benzene rings is 1. The minimum atomic E-state index is -0.0180. The Labute approximate surface area is 95.1 Å². The third kappa shape index (κ3) is 2.03.